The minimum absolute atomic E-state index is 0.00224. The van der Waals surface area contributed by atoms with Crippen LogP contribution in [0.15, 0.2) is 12.2 Å². The van der Waals surface area contributed by atoms with Crippen molar-refractivity contribution < 1.29 is 32.9 Å². The number of allylic oxidation sites excluding steroid dienone is 1. The van der Waals surface area contributed by atoms with Gasteiger partial charge in [-0.05, 0) is 19.3 Å². The predicted molar refractivity (Wildman–Crippen MR) is 233 cm³/mol. The molecule has 55 heavy (non-hydrogen) atoms. The Bertz CT molecular complexity index is 911. The number of quaternary nitrogens is 1. The van der Waals surface area contributed by atoms with Gasteiger partial charge in [-0.2, -0.15) is 0 Å². The quantitative estimate of drug-likeness (QED) is 0.0275. The number of aliphatic hydroxyl groups excluding tert-OH is 1. The van der Waals surface area contributed by atoms with Crippen molar-refractivity contribution in [3.8, 4) is 0 Å². The summed E-state index contributed by atoms with van der Waals surface area (Å²) in [6.45, 7) is 4.67. The van der Waals surface area contributed by atoms with Crippen LogP contribution in [0.1, 0.15) is 226 Å². The third-order valence-electron chi connectivity index (χ3n) is 10.7. The normalized spacial score (nSPS) is 14.4. The van der Waals surface area contributed by atoms with E-state index in [1.165, 1.54) is 167 Å². The van der Waals surface area contributed by atoms with Gasteiger partial charge in [0.15, 0.2) is 0 Å². The van der Waals surface area contributed by atoms with Crippen LogP contribution in [-0.4, -0.2) is 68.5 Å². The molecule has 0 aliphatic rings. The van der Waals surface area contributed by atoms with Crippen LogP contribution in [0.25, 0.3) is 0 Å². The second-order valence-corrected chi connectivity index (χ2v) is 18.9. The standard InChI is InChI=1S/C46H93N2O6P/c1-6-8-10-12-14-16-18-20-22-23-24-26-27-29-31-33-35-37-39-45(49)44(43-54-55(51,52)53-42-41-48(3,4)5)47-46(50)40-38-36-34-32-30-28-25-21-19-17-15-13-11-9-7-2/h37,39,44-45,49H,6-36,38,40-43H2,1-5H3,(H-,47,50,51,52)/b39-37+. The van der Waals surface area contributed by atoms with E-state index < -0.39 is 20.0 Å². The number of phosphoric acid groups is 1. The number of carbonyl (C=O) groups excluding carboxylic acids is 1. The van der Waals surface area contributed by atoms with Crippen molar-refractivity contribution in [3.63, 3.8) is 0 Å². The lowest BCUT2D eigenvalue weighted by molar-refractivity contribution is -0.870. The van der Waals surface area contributed by atoms with Crippen molar-refractivity contribution in [1.29, 1.82) is 0 Å². The van der Waals surface area contributed by atoms with Gasteiger partial charge in [0.25, 0.3) is 7.82 Å². The van der Waals surface area contributed by atoms with Crippen molar-refractivity contribution in [2.75, 3.05) is 40.9 Å². The molecule has 0 spiro atoms. The van der Waals surface area contributed by atoms with Gasteiger partial charge in [-0.1, -0.05) is 212 Å². The first kappa shape index (κ1) is 54.2. The van der Waals surface area contributed by atoms with Gasteiger partial charge >= 0.3 is 0 Å². The summed E-state index contributed by atoms with van der Waals surface area (Å²) in [5.41, 5.74) is 0. The summed E-state index contributed by atoms with van der Waals surface area (Å²) < 4.78 is 23.2. The lowest BCUT2D eigenvalue weighted by Crippen LogP contribution is -2.45. The number of likely N-dealkylation sites (N-methyl/N-ethyl adjacent to an activating group) is 1. The molecular weight excluding hydrogens is 707 g/mol. The Labute approximate surface area is 342 Å². The fraction of sp³-hybridized carbons (Fsp3) is 0.935. The summed E-state index contributed by atoms with van der Waals surface area (Å²) in [7, 11) is 1.27. The highest BCUT2D eigenvalue weighted by Crippen LogP contribution is 2.38. The number of amides is 1. The zero-order valence-corrected chi connectivity index (χ0v) is 38.0. The largest absolute Gasteiger partial charge is 0.756 e. The summed E-state index contributed by atoms with van der Waals surface area (Å²) in [5, 5.41) is 13.8. The first-order valence-corrected chi connectivity index (χ1v) is 25.0. The number of unbranched alkanes of at least 4 members (excludes halogenated alkanes) is 30. The van der Waals surface area contributed by atoms with Crippen LogP contribution in [0.3, 0.4) is 0 Å². The van der Waals surface area contributed by atoms with Crippen molar-refractivity contribution in [2.45, 2.75) is 238 Å². The first-order chi connectivity index (χ1) is 26.5. The molecular formula is C46H93N2O6P. The second-order valence-electron chi connectivity index (χ2n) is 17.5. The fourth-order valence-electron chi connectivity index (χ4n) is 6.98. The summed E-state index contributed by atoms with van der Waals surface area (Å²) in [4.78, 5) is 25.3. The molecule has 0 bridgehead atoms. The van der Waals surface area contributed by atoms with Crippen LogP contribution in [0, 0.1) is 0 Å². The van der Waals surface area contributed by atoms with E-state index in [1.54, 1.807) is 6.08 Å². The Balaban J connectivity index is 4.36. The topological polar surface area (TPSA) is 108 Å². The molecule has 0 aromatic heterocycles. The summed E-state index contributed by atoms with van der Waals surface area (Å²) >= 11 is 0. The number of nitrogens with zero attached hydrogens (tertiary/aromatic N) is 1. The molecule has 328 valence electrons. The van der Waals surface area contributed by atoms with E-state index in [9.17, 15) is 19.4 Å². The Morgan fingerprint density at radius 2 is 0.982 bits per heavy atom. The Morgan fingerprint density at radius 3 is 1.36 bits per heavy atom. The zero-order chi connectivity index (χ0) is 40.7. The SMILES string of the molecule is CCCCCCCCCCCCCCCCCC/C=C/C(O)C(COP(=O)([O-])OCC[N+](C)(C)C)NC(=O)CCCCCCCCCCCCCCCCC. The van der Waals surface area contributed by atoms with Crippen LogP contribution < -0.4 is 10.2 Å². The summed E-state index contributed by atoms with van der Waals surface area (Å²) in [6, 6.07) is -0.879. The number of phosphoric ester groups is 1. The van der Waals surface area contributed by atoms with E-state index in [0.29, 0.717) is 17.4 Å². The molecule has 3 unspecified atom stereocenters. The second kappa shape index (κ2) is 38.7. The number of hydrogen-bond acceptors (Lipinski definition) is 6. The number of carbonyl (C=O) groups is 1. The average Bonchev–Trinajstić information content (AvgIpc) is 3.13. The molecule has 1 amide bonds. The highest BCUT2D eigenvalue weighted by atomic mass is 31.2. The minimum atomic E-state index is -4.58. The summed E-state index contributed by atoms with van der Waals surface area (Å²) in [6.07, 6.45) is 43.9. The molecule has 0 aromatic carbocycles. The Hall–Kier alpha value is -0.760. The number of rotatable bonds is 43. The molecule has 9 heteroatoms. The lowest BCUT2D eigenvalue weighted by atomic mass is 10.0. The predicted octanol–water partition coefficient (Wildman–Crippen LogP) is 12.5. The van der Waals surface area contributed by atoms with Gasteiger partial charge in [-0.3, -0.25) is 9.36 Å². The number of aliphatic hydroxyl groups is 1. The highest BCUT2D eigenvalue weighted by molar-refractivity contribution is 7.45. The van der Waals surface area contributed by atoms with E-state index in [-0.39, 0.29) is 19.1 Å². The number of nitrogens with one attached hydrogen (secondary N) is 1. The van der Waals surface area contributed by atoms with E-state index in [4.69, 9.17) is 9.05 Å². The number of hydrogen-bond donors (Lipinski definition) is 2. The van der Waals surface area contributed by atoms with Crippen LogP contribution >= 0.6 is 7.82 Å². The van der Waals surface area contributed by atoms with Crippen molar-refractivity contribution in [2.24, 2.45) is 0 Å². The molecule has 2 N–H and O–H groups in total. The molecule has 8 nitrogen and oxygen atoms in total. The van der Waals surface area contributed by atoms with Crippen LogP contribution in [0.5, 0.6) is 0 Å². The maximum absolute atomic E-state index is 12.9. The van der Waals surface area contributed by atoms with E-state index in [0.717, 1.165) is 38.5 Å². The smallest absolute Gasteiger partial charge is 0.268 e. The average molecular weight is 801 g/mol. The fourth-order valence-corrected chi connectivity index (χ4v) is 7.70. The third kappa shape index (κ3) is 41.2. The molecule has 0 fully saturated rings. The van der Waals surface area contributed by atoms with Gasteiger partial charge in [-0.25, -0.2) is 0 Å². The van der Waals surface area contributed by atoms with E-state index in [1.807, 2.05) is 27.2 Å². The molecule has 0 saturated heterocycles. The van der Waals surface area contributed by atoms with Gasteiger partial charge in [-0.15, -0.1) is 0 Å². The molecule has 0 aliphatic heterocycles. The maximum atomic E-state index is 12.9. The van der Waals surface area contributed by atoms with Crippen LogP contribution in [-0.2, 0) is 18.4 Å². The zero-order valence-electron chi connectivity index (χ0n) is 37.1. The van der Waals surface area contributed by atoms with Gasteiger partial charge in [0, 0.05) is 6.42 Å². The molecule has 0 heterocycles. The third-order valence-corrected chi connectivity index (χ3v) is 11.7. The monoisotopic (exact) mass is 801 g/mol. The van der Waals surface area contributed by atoms with Crippen molar-refractivity contribution in [1.82, 2.24) is 5.32 Å². The highest BCUT2D eigenvalue weighted by Gasteiger charge is 2.23. The van der Waals surface area contributed by atoms with Gasteiger partial charge in [0.1, 0.15) is 13.2 Å². The van der Waals surface area contributed by atoms with Crippen LogP contribution in [0.2, 0.25) is 0 Å². The molecule has 0 rings (SSSR count). The molecule has 0 aliphatic carbocycles. The van der Waals surface area contributed by atoms with E-state index in [2.05, 4.69) is 19.2 Å². The summed E-state index contributed by atoms with van der Waals surface area (Å²) in [5.74, 6) is -0.194. The molecule has 3 atom stereocenters. The van der Waals surface area contributed by atoms with E-state index >= 15 is 0 Å². The van der Waals surface area contributed by atoms with Crippen molar-refractivity contribution >= 4 is 13.7 Å². The van der Waals surface area contributed by atoms with Crippen LogP contribution in [0.4, 0.5) is 0 Å². The van der Waals surface area contributed by atoms with Crippen molar-refractivity contribution in [3.05, 3.63) is 12.2 Å². The minimum Gasteiger partial charge on any atom is -0.756 e. The molecule has 0 saturated carbocycles. The van der Waals surface area contributed by atoms with Gasteiger partial charge < -0.3 is 28.8 Å². The van der Waals surface area contributed by atoms with Gasteiger partial charge in [0.2, 0.25) is 5.91 Å². The Morgan fingerprint density at radius 1 is 0.618 bits per heavy atom. The first-order valence-electron chi connectivity index (χ1n) is 23.6. The molecule has 0 aromatic rings. The molecule has 0 radical (unpaired) electrons. The lowest BCUT2D eigenvalue weighted by Gasteiger charge is -2.29. The Kier molecular flexibility index (Phi) is 38.2. The van der Waals surface area contributed by atoms with Gasteiger partial charge in [0.05, 0.1) is 39.9 Å². The maximum Gasteiger partial charge on any atom is 0.268 e.